The highest BCUT2D eigenvalue weighted by atomic mass is 127. The lowest BCUT2D eigenvalue weighted by Crippen LogP contribution is -2.07. The van der Waals surface area contributed by atoms with Crippen LogP contribution in [-0.2, 0) is 26.1 Å². The Morgan fingerprint density at radius 3 is 2.42 bits per heavy atom. The number of hydrogen-bond acceptors (Lipinski definition) is 2. The van der Waals surface area contributed by atoms with Crippen LogP contribution >= 0.6 is 22.6 Å². The summed E-state index contributed by atoms with van der Waals surface area (Å²) in [7, 11) is 1.84. The highest BCUT2D eigenvalue weighted by molar-refractivity contribution is 14.1. The molecule has 2 aromatic heterocycles. The van der Waals surface area contributed by atoms with E-state index in [1.807, 2.05) is 7.05 Å². The van der Waals surface area contributed by atoms with Crippen LogP contribution in [0, 0.1) is 3.57 Å². The molecule has 0 fully saturated rings. The van der Waals surface area contributed by atoms with Gasteiger partial charge in [0.05, 0.1) is 21.0 Å². The second-order valence-electron chi connectivity index (χ2n) is 4.10. The molecule has 19 heavy (non-hydrogen) atoms. The van der Waals surface area contributed by atoms with Crippen LogP contribution in [0.4, 0.5) is 13.2 Å². The third-order valence-electron chi connectivity index (χ3n) is 2.78. The molecule has 0 spiro atoms. The summed E-state index contributed by atoms with van der Waals surface area (Å²) in [5.41, 5.74) is 0.985. The van der Waals surface area contributed by atoms with Crippen molar-refractivity contribution in [3.05, 3.63) is 45.0 Å². The van der Waals surface area contributed by atoms with Crippen LogP contribution in [0.2, 0.25) is 0 Å². The lowest BCUT2D eigenvalue weighted by molar-refractivity contribution is -0.137. The maximum Gasteiger partial charge on any atom is 0.417 e. The van der Waals surface area contributed by atoms with E-state index in [2.05, 4.69) is 32.7 Å². The van der Waals surface area contributed by atoms with Crippen molar-refractivity contribution in [1.29, 1.82) is 0 Å². The lowest BCUT2D eigenvalue weighted by Gasteiger charge is -2.07. The largest absolute Gasteiger partial charge is 0.417 e. The van der Waals surface area contributed by atoms with Gasteiger partial charge in [0.2, 0.25) is 0 Å². The van der Waals surface area contributed by atoms with Gasteiger partial charge in [-0.2, -0.15) is 18.3 Å². The van der Waals surface area contributed by atoms with Crippen LogP contribution in [0.25, 0.3) is 0 Å². The molecule has 7 heteroatoms. The van der Waals surface area contributed by atoms with Crippen molar-refractivity contribution < 1.29 is 13.2 Å². The predicted molar refractivity (Wildman–Crippen MR) is 72.6 cm³/mol. The Kier molecular flexibility index (Phi) is 4.12. The number of pyridine rings is 1. The van der Waals surface area contributed by atoms with Gasteiger partial charge in [0.15, 0.2) is 0 Å². The molecule has 0 saturated heterocycles. The van der Waals surface area contributed by atoms with Crippen LogP contribution in [0.5, 0.6) is 0 Å². The van der Waals surface area contributed by atoms with Crippen molar-refractivity contribution in [3.63, 3.8) is 0 Å². The molecule has 0 N–H and O–H groups in total. The van der Waals surface area contributed by atoms with Crippen molar-refractivity contribution in [1.82, 2.24) is 14.8 Å². The summed E-state index contributed by atoms with van der Waals surface area (Å²) in [4.78, 5) is 3.85. The molecule has 0 bridgehead atoms. The molecular weight excluding hydrogens is 370 g/mol. The minimum absolute atomic E-state index is 0.591. The molecule has 0 radical (unpaired) electrons. The van der Waals surface area contributed by atoms with E-state index in [0.29, 0.717) is 18.5 Å². The quantitative estimate of drug-likeness (QED) is 0.765. The smallest absolute Gasteiger partial charge is 0.272 e. The summed E-state index contributed by atoms with van der Waals surface area (Å²) in [6.07, 6.45) is -0.399. The molecule has 0 aliphatic rings. The number of aromatic nitrogens is 3. The van der Waals surface area contributed by atoms with Gasteiger partial charge in [-0.15, -0.1) is 0 Å². The van der Waals surface area contributed by atoms with Gasteiger partial charge in [-0.1, -0.05) is 0 Å². The van der Waals surface area contributed by atoms with Gasteiger partial charge in [0, 0.05) is 18.9 Å². The number of alkyl halides is 3. The normalized spacial score (nSPS) is 11.8. The van der Waals surface area contributed by atoms with Crippen LogP contribution < -0.4 is 0 Å². The Morgan fingerprint density at radius 1 is 1.21 bits per heavy atom. The average molecular weight is 381 g/mol. The molecule has 2 aromatic rings. The fourth-order valence-corrected chi connectivity index (χ4v) is 2.45. The molecule has 0 atom stereocenters. The van der Waals surface area contributed by atoms with Gasteiger partial charge in [-0.25, -0.2) is 0 Å². The van der Waals surface area contributed by atoms with Gasteiger partial charge in [-0.3, -0.25) is 9.67 Å². The molecule has 0 aliphatic carbocycles. The molecule has 2 rings (SSSR count). The topological polar surface area (TPSA) is 30.7 Å². The van der Waals surface area contributed by atoms with Crippen molar-refractivity contribution in [2.45, 2.75) is 19.0 Å². The van der Waals surface area contributed by atoms with E-state index in [-0.39, 0.29) is 0 Å². The highest BCUT2D eigenvalue weighted by Gasteiger charge is 2.30. The standard InChI is InChI=1S/C12H11F3IN3/c1-19-11(10(16)7-18-19)5-4-9-3-2-8(6-17-9)12(13,14)15/h2-3,6-7H,4-5H2,1H3. The summed E-state index contributed by atoms with van der Waals surface area (Å²) in [6, 6.07) is 2.49. The van der Waals surface area contributed by atoms with E-state index in [1.54, 1.807) is 10.9 Å². The zero-order valence-electron chi connectivity index (χ0n) is 10.1. The van der Waals surface area contributed by atoms with Crippen molar-refractivity contribution in [2.75, 3.05) is 0 Å². The second-order valence-corrected chi connectivity index (χ2v) is 5.26. The summed E-state index contributed by atoms with van der Waals surface area (Å²) in [5.74, 6) is 0. The molecule has 0 aromatic carbocycles. The first-order chi connectivity index (χ1) is 8.88. The number of nitrogens with zero attached hydrogens (tertiary/aromatic N) is 3. The first-order valence-corrected chi connectivity index (χ1v) is 6.64. The summed E-state index contributed by atoms with van der Waals surface area (Å²) in [5, 5.41) is 4.11. The molecule has 0 amide bonds. The number of rotatable bonds is 3. The minimum atomic E-state index is -4.33. The van der Waals surface area contributed by atoms with Crippen LogP contribution in [0.3, 0.4) is 0 Å². The predicted octanol–water partition coefficient (Wildman–Crippen LogP) is 3.22. The zero-order chi connectivity index (χ0) is 14.0. The van der Waals surface area contributed by atoms with E-state index in [9.17, 15) is 13.2 Å². The molecule has 0 saturated carbocycles. The fourth-order valence-electron chi connectivity index (χ4n) is 1.70. The van der Waals surface area contributed by atoms with Gasteiger partial charge in [0.25, 0.3) is 0 Å². The first kappa shape index (κ1) is 14.3. The molecule has 0 aliphatic heterocycles. The van der Waals surface area contributed by atoms with Crippen molar-refractivity contribution >= 4 is 22.6 Å². The van der Waals surface area contributed by atoms with Gasteiger partial charge in [0.1, 0.15) is 0 Å². The maximum absolute atomic E-state index is 12.4. The SMILES string of the molecule is Cn1ncc(I)c1CCc1ccc(C(F)(F)F)cn1. The zero-order valence-corrected chi connectivity index (χ0v) is 12.2. The maximum atomic E-state index is 12.4. The Labute approximate surface area is 122 Å². The molecule has 0 unspecified atom stereocenters. The van der Waals surface area contributed by atoms with Gasteiger partial charge >= 0.3 is 6.18 Å². The van der Waals surface area contributed by atoms with Crippen molar-refractivity contribution in [2.24, 2.45) is 7.05 Å². The molecule has 102 valence electrons. The van der Waals surface area contributed by atoms with E-state index >= 15 is 0 Å². The Balaban J connectivity index is 2.05. The Hall–Kier alpha value is -1.12. The first-order valence-electron chi connectivity index (χ1n) is 5.56. The van der Waals surface area contributed by atoms with Gasteiger partial charge < -0.3 is 0 Å². The van der Waals surface area contributed by atoms with Crippen molar-refractivity contribution in [3.8, 4) is 0 Å². The van der Waals surface area contributed by atoms with Crippen LogP contribution in [0.15, 0.2) is 24.5 Å². The Morgan fingerprint density at radius 2 is 1.95 bits per heavy atom. The molecule has 2 heterocycles. The van der Waals surface area contributed by atoms with Gasteiger partial charge in [-0.05, 0) is 47.6 Å². The van der Waals surface area contributed by atoms with E-state index in [1.165, 1.54) is 6.07 Å². The van der Waals surface area contributed by atoms with E-state index in [0.717, 1.165) is 21.5 Å². The Bertz CT molecular complexity index is 541. The minimum Gasteiger partial charge on any atom is -0.272 e. The monoisotopic (exact) mass is 381 g/mol. The van der Waals surface area contributed by atoms with E-state index < -0.39 is 11.7 Å². The molecular formula is C12H11F3IN3. The van der Waals surface area contributed by atoms with E-state index in [4.69, 9.17) is 0 Å². The second kappa shape index (κ2) is 5.48. The lowest BCUT2D eigenvalue weighted by atomic mass is 10.1. The average Bonchev–Trinajstić information content (AvgIpc) is 2.66. The third kappa shape index (κ3) is 3.46. The fraction of sp³-hybridized carbons (Fsp3) is 0.333. The third-order valence-corrected chi connectivity index (χ3v) is 3.68. The highest BCUT2D eigenvalue weighted by Crippen LogP contribution is 2.28. The molecule has 3 nitrogen and oxygen atoms in total. The summed E-state index contributed by atoms with van der Waals surface area (Å²) in [6.45, 7) is 0. The summed E-state index contributed by atoms with van der Waals surface area (Å²) < 4.78 is 40.0. The number of halogens is 4. The number of aryl methyl sites for hydroxylation is 2. The van der Waals surface area contributed by atoms with Crippen LogP contribution in [0.1, 0.15) is 17.0 Å². The summed E-state index contributed by atoms with van der Waals surface area (Å²) >= 11 is 2.19. The number of hydrogen-bond donors (Lipinski definition) is 0. The van der Waals surface area contributed by atoms with Crippen LogP contribution in [-0.4, -0.2) is 14.8 Å².